The number of aryl methyl sites for hydroxylation is 1. The molecule has 2 aromatic heterocycles. The molecule has 2 fully saturated rings. The predicted octanol–water partition coefficient (Wildman–Crippen LogP) is 2.95. The Labute approximate surface area is 168 Å². The smallest absolute Gasteiger partial charge is 0.311 e. The fourth-order valence-corrected chi connectivity index (χ4v) is 6.62. The van der Waals surface area contributed by atoms with E-state index in [-0.39, 0.29) is 28.6 Å². The minimum atomic E-state index is -3.60. The highest BCUT2D eigenvalue weighted by atomic mass is 32.2. The molecule has 1 aliphatic carbocycles. The van der Waals surface area contributed by atoms with Crippen LogP contribution in [0.25, 0.3) is 10.8 Å². The van der Waals surface area contributed by atoms with Crippen molar-refractivity contribution in [1.82, 2.24) is 19.8 Å². The molecule has 0 aromatic carbocycles. The molecule has 0 radical (unpaired) electrons. The van der Waals surface area contributed by atoms with Crippen molar-refractivity contribution >= 4 is 27.3 Å². The Morgan fingerprint density at radius 3 is 2.61 bits per heavy atom. The van der Waals surface area contributed by atoms with Gasteiger partial charge in [0.25, 0.3) is 5.89 Å². The molecular formula is C18H24N4O4S2. The first-order valence-electron chi connectivity index (χ1n) is 9.70. The average Bonchev–Trinajstić information content (AvgIpc) is 3.42. The summed E-state index contributed by atoms with van der Waals surface area (Å²) in [4.78, 5) is 15.5. The first kappa shape index (κ1) is 19.5. The van der Waals surface area contributed by atoms with Gasteiger partial charge in [0, 0.05) is 24.0 Å². The minimum Gasteiger partial charge on any atom is -0.411 e. The number of carbonyl (C=O) groups excluding carboxylic acids is 1. The van der Waals surface area contributed by atoms with E-state index in [4.69, 9.17) is 4.42 Å². The Morgan fingerprint density at radius 1 is 1.18 bits per heavy atom. The number of thiophene rings is 1. The van der Waals surface area contributed by atoms with E-state index >= 15 is 0 Å². The summed E-state index contributed by atoms with van der Waals surface area (Å²) in [7, 11) is -3.60. The van der Waals surface area contributed by atoms with Gasteiger partial charge in [0.15, 0.2) is 0 Å². The zero-order valence-corrected chi connectivity index (χ0v) is 17.4. The lowest BCUT2D eigenvalue weighted by Crippen LogP contribution is -2.36. The van der Waals surface area contributed by atoms with Gasteiger partial charge in [0.2, 0.25) is 10.0 Å². The lowest BCUT2D eigenvalue weighted by molar-refractivity contribution is 0.0754. The first-order chi connectivity index (χ1) is 13.4. The van der Waals surface area contributed by atoms with Crippen LogP contribution in [0.3, 0.4) is 0 Å². The molecule has 1 aliphatic heterocycles. The van der Waals surface area contributed by atoms with E-state index in [9.17, 15) is 13.2 Å². The molecule has 3 heterocycles. The van der Waals surface area contributed by atoms with Crippen molar-refractivity contribution in [3.8, 4) is 10.8 Å². The number of aromatic nitrogens is 2. The maximum absolute atomic E-state index is 12.8. The van der Waals surface area contributed by atoms with Crippen molar-refractivity contribution in [2.45, 2.75) is 62.8 Å². The van der Waals surface area contributed by atoms with Crippen LogP contribution in [-0.2, 0) is 10.0 Å². The Kier molecular flexibility index (Phi) is 5.52. The summed E-state index contributed by atoms with van der Waals surface area (Å²) < 4.78 is 34.0. The van der Waals surface area contributed by atoms with Crippen molar-refractivity contribution in [1.29, 1.82) is 0 Å². The number of nitrogens with one attached hydrogen (secondary N) is 1. The topological polar surface area (TPSA) is 105 Å². The van der Waals surface area contributed by atoms with Crippen molar-refractivity contribution in [3.05, 3.63) is 16.8 Å². The van der Waals surface area contributed by atoms with Crippen LogP contribution in [0.2, 0.25) is 0 Å². The summed E-state index contributed by atoms with van der Waals surface area (Å²) in [6.07, 6.45) is 6.98. The molecule has 0 spiro atoms. The maximum atomic E-state index is 12.8. The lowest BCUT2D eigenvalue weighted by atomic mass is 9.96. The van der Waals surface area contributed by atoms with Crippen LogP contribution in [0.5, 0.6) is 0 Å². The van der Waals surface area contributed by atoms with Crippen LogP contribution >= 0.6 is 11.3 Å². The highest BCUT2D eigenvalue weighted by Gasteiger charge is 2.28. The van der Waals surface area contributed by atoms with Gasteiger partial charge in [-0.15, -0.1) is 21.5 Å². The van der Waals surface area contributed by atoms with Gasteiger partial charge in [0.1, 0.15) is 0 Å². The van der Waals surface area contributed by atoms with Crippen molar-refractivity contribution in [2.24, 2.45) is 0 Å². The summed E-state index contributed by atoms with van der Waals surface area (Å²) in [5.41, 5.74) is 0. The van der Waals surface area contributed by atoms with E-state index in [1.807, 2.05) is 0 Å². The summed E-state index contributed by atoms with van der Waals surface area (Å²) in [6.45, 7) is 3.16. The Hall–Kier alpha value is -1.78. The fraction of sp³-hybridized carbons (Fsp3) is 0.611. The zero-order chi connectivity index (χ0) is 19.7. The molecule has 1 saturated heterocycles. The van der Waals surface area contributed by atoms with Gasteiger partial charge in [-0.3, -0.25) is 4.79 Å². The quantitative estimate of drug-likeness (QED) is 0.791. The number of nitrogens with zero attached hydrogens (tertiary/aromatic N) is 3. The highest BCUT2D eigenvalue weighted by molar-refractivity contribution is 7.89. The highest BCUT2D eigenvalue weighted by Crippen LogP contribution is 2.33. The van der Waals surface area contributed by atoms with Crippen LogP contribution in [0, 0.1) is 6.92 Å². The molecule has 152 valence electrons. The Balaban J connectivity index is 1.53. The molecule has 1 amide bonds. The fourth-order valence-electron chi connectivity index (χ4n) is 3.81. The lowest BCUT2D eigenvalue weighted by Gasteiger charge is -2.22. The predicted molar refractivity (Wildman–Crippen MR) is 105 cm³/mol. The monoisotopic (exact) mass is 424 g/mol. The molecular weight excluding hydrogens is 400 g/mol. The molecule has 0 unspecified atom stereocenters. The van der Waals surface area contributed by atoms with E-state index in [1.165, 1.54) is 11.3 Å². The number of likely N-dealkylation sites (tertiary alicyclic amines) is 1. The zero-order valence-electron chi connectivity index (χ0n) is 15.8. The van der Waals surface area contributed by atoms with Crippen LogP contribution in [-0.4, -0.2) is 48.6 Å². The Bertz CT molecular complexity index is 954. The standard InChI is InChI=1S/C18H24N4O4S2/c1-12-15(28(24,25)21-13-7-3-2-4-8-13)11-14(27-12)16-19-20-17(26-16)18(23)22-9-5-6-10-22/h11,13,21H,2-10H2,1H3. The van der Waals surface area contributed by atoms with E-state index in [1.54, 1.807) is 17.9 Å². The molecule has 0 atom stereocenters. The third kappa shape index (κ3) is 3.99. The van der Waals surface area contributed by atoms with Crippen molar-refractivity contribution in [3.63, 3.8) is 0 Å². The normalized spacial score (nSPS) is 18.7. The van der Waals surface area contributed by atoms with E-state index in [2.05, 4.69) is 14.9 Å². The van der Waals surface area contributed by atoms with Gasteiger partial charge in [-0.05, 0) is 38.7 Å². The van der Waals surface area contributed by atoms with E-state index in [0.717, 1.165) is 44.9 Å². The second-order valence-electron chi connectivity index (χ2n) is 7.40. The van der Waals surface area contributed by atoms with Gasteiger partial charge in [0.05, 0.1) is 9.77 Å². The van der Waals surface area contributed by atoms with Crippen LogP contribution < -0.4 is 4.72 Å². The number of amides is 1. The van der Waals surface area contributed by atoms with Crippen LogP contribution in [0.1, 0.15) is 60.5 Å². The average molecular weight is 425 g/mol. The number of hydrogen-bond acceptors (Lipinski definition) is 7. The first-order valence-corrected chi connectivity index (χ1v) is 12.0. The molecule has 1 N–H and O–H groups in total. The molecule has 1 saturated carbocycles. The van der Waals surface area contributed by atoms with Gasteiger partial charge in [-0.2, -0.15) is 0 Å². The third-order valence-electron chi connectivity index (χ3n) is 5.30. The molecule has 28 heavy (non-hydrogen) atoms. The molecule has 0 bridgehead atoms. The van der Waals surface area contributed by atoms with Gasteiger partial charge in [-0.1, -0.05) is 19.3 Å². The molecule has 10 heteroatoms. The second kappa shape index (κ2) is 7.92. The van der Waals surface area contributed by atoms with Crippen LogP contribution in [0.15, 0.2) is 15.4 Å². The second-order valence-corrected chi connectivity index (χ2v) is 10.3. The third-order valence-corrected chi connectivity index (χ3v) is 8.12. The van der Waals surface area contributed by atoms with Crippen molar-refractivity contribution < 1.29 is 17.6 Å². The minimum absolute atomic E-state index is 0.00501. The van der Waals surface area contributed by atoms with Gasteiger partial charge < -0.3 is 9.32 Å². The number of hydrogen-bond donors (Lipinski definition) is 1. The number of carbonyl (C=O) groups is 1. The SMILES string of the molecule is Cc1sc(-c2nnc(C(=O)N3CCCC3)o2)cc1S(=O)(=O)NC1CCCCC1. The van der Waals surface area contributed by atoms with Gasteiger partial charge in [-0.25, -0.2) is 13.1 Å². The number of rotatable bonds is 5. The van der Waals surface area contributed by atoms with E-state index in [0.29, 0.717) is 22.8 Å². The van der Waals surface area contributed by atoms with E-state index < -0.39 is 10.0 Å². The largest absolute Gasteiger partial charge is 0.411 e. The Morgan fingerprint density at radius 2 is 1.89 bits per heavy atom. The number of sulfonamides is 1. The van der Waals surface area contributed by atoms with Gasteiger partial charge >= 0.3 is 11.8 Å². The summed E-state index contributed by atoms with van der Waals surface area (Å²) >= 11 is 1.27. The maximum Gasteiger partial charge on any atom is 0.311 e. The summed E-state index contributed by atoms with van der Waals surface area (Å²) in [6, 6.07) is 1.55. The molecule has 2 aliphatic rings. The molecule has 8 nitrogen and oxygen atoms in total. The van der Waals surface area contributed by atoms with Crippen molar-refractivity contribution in [2.75, 3.05) is 13.1 Å². The molecule has 2 aromatic rings. The molecule has 4 rings (SSSR count). The summed E-state index contributed by atoms with van der Waals surface area (Å²) in [5, 5.41) is 7.83. The summed E-state index contributed by atoms with van der Waals surface area (Å²) in [5.74, 6) is -0.140. The van der Waals surface area contributed by atoms with Crippen LogP contribution in [0.4, 0.5) is 0 Å².